The largest absolute Gasteiger partial charge is 0.452 e. The number of esters is 1. The van der Waals surface area contributed by atoms with Crippen molar-refractivity contribution >= 4 is 16.7 Å². The fourth-order valence-electron chi connectivity index (χ4n) is 2.63. The third-order valence-electron chi connectivity index (χ3n) is 3.82. The van der Waals surface area contributed by atoms with Crippen LogP contribution in [0.1, 0.15) is 36.0 Å². The number of hydrogen-bond donors (Lipinski definition) is 0. The van der Waals surface area contributed by atoms with Crippen molar-refractivity contribution in [1.29, 1.82) is 0 Å². The predicted molar refractivity (Wildman–Crippen MR) is 91.2 cm³/mol. The van der Waals surface area contributed by atoms with Gasteiger partial charge in [-0.05, 0) is 29.5 Å². The highest BCUT2D eigenvalue weighted by Gasteiger charge is 2.24. The maximum Gasteiger partial charge on any atom is 0.338 e. The zero-order chi connectivity index (χ0) is 16.2. The number of nitrogens with zero attached hydrogens (tertiary/aromatic N) is 1. The lowest BCUT2D eigenvalue weighted by molar-refractivity contribution is 0.0168. The molecular formula is C20H19NO2. The molecule has 0 unspecified atom stereocenters. The Morgan fingerprint density at radius 3 is 2.39 bits per heavy atom. The SMILES string of the molecule is CC(C)[C@H](OC(=O)c1ccccc1)c1nccc2ccccc12. The van der Waals surface area contributed by atoms with E-state index in [0.29, 0.717) is 5.56 Å². The van der Waals surface area contributed by atoms with Crippen LogP contribution in [0, 0.1) is 5.92 Å². The second kappa shape index (κ2) is 6.61. The molecule has 1 atom stereocenters. The lowest BCUT2D eigenvalue weighted by atomic mass is 9.98. The monoisotopic (exact) mass is 305 g/mol. The third-order valence-corrected chi connectivity index (χ3v) is 3.82. The van der Waals surface area contributed by atoms with Crippen molar-refractivity contribution in [1.82, 2.24) is 4.98 Å². The van der Waals surface area contributed by atoms with E-state index >= 15 is 0 Å². The van der Waals surface area contributed by atoms with Gasteiger partial charge in [0.1, 0.15) is 6.10 Å². The van der Waals surface area contributed by atoms with Gasteiger partial charge < -0.3 is 4.74 Å². The fraction of sp³-hybridized carbons (Fsp3) is 0.200. The molecule has 0 aliphatic heterocycles. The van der Waals surface area contributed by atoms with E-state index in [0.717, 1.165) is 16.5 Å². The van der Waals surface area contributed by atoms with Crippen LogP contribution >= 0.6 is 0 Å². The first-order chi connectivity index (χ1) is 11.2. The number of carbonyl (C=O) groups excluding carboxylic acids is 1. The molecule has 1 aromatic heterocycles. The number of rotatable bonds is 4. The van der Waals surface area contributed by atoms with E-state index in [9.17, 15) is 4.79 Å². The molecule has 0 N–H and O–H groups in total. The topological polar surface area (TPSA) is 39.2 Å². The van der Waals surface area contributed by atoms with Gasteiger partial charge in [-0.1, -0.05) is 56.3 Å². The molecule has 3 rings (SSSR count). The molecule has 0 radical (unpaired) electrons. The van der Waals surface area contributed by atoms with Crippen molar-refractivity contribution in [3.63, 3.8) is 0 Å². The molecule has 1 heterocycles. The smallest absolute Gasteiger partial charge is 0.338 e. The van der Waals surface area contributed by atoms with Gasteiger partial charge in [0, 0.05) is 11.6 Å². The molecule has 0 spiro atoms. The molecule has 0 amide bonds. The average Bonchev–Trinajstić information content (AvgIpc) is 2.59. The van der Waals surface area contributed by atoms with E-state index in [1.165, 1.54) is 0 Å². The molecule has 23 heavy (non-hydrogen) atoms. The summed E-state index contributed by atoms with van der Waals surface area (Å²) in [5.74, 6) is -0.194. The zero-order valence-electron chi connectivity index (χ0n) is 13.3. The zero-order valence-corrected chi connectivity index (χ0v) is 13.3. The van der Waals surface area contributed by atoms with Crippen LogP contribution in [0.4, 0.5) is 0 Å². The molecule has 2 aromatic carbocycles. The minimum atomic E-state index is -0.381. The number of benzene rings is 2. The van der Waals surface area contributed by atoms with Gasteiger partial charge in [0.15, 0.2) is 0 Å². The van der Waals surface area contributed by atoms with Crippen molar-refractivity contribution in [2.45, 2.75) is 20.0 Å². The Kier molecular flexibility index (Phi) is 4.38. The Morgan fingerprint density at radius 1 is 0.957 bits per heavy atom. The van der Waals surface area contributed by atoms with Crippen LogP contribution in [0.15, 0.2) is 66.9 Å². The lowest BCUT2D eigenvalue weighted by Gasteiger charge is -2.22. The van der Waals surface area contributed by atoms with Gasteiger partial charge >= 0.3 is 5.97 Å². The highest BCUT2D eigenvalue weighted by Crippen LogP contribution is 2.30. The van der Waals surface area contributed by atoms with E-state index in [1.54, 1.807) is 18.3 Å². The molecule has 0 saturated carbocycles. The van der Waals surface area contributed by atoms with E-state index in [-0.39, 0.29) is 18.0 Å². The molecule has 0 aliphatic carbocycles. The first-order valence-corrected chi connectivity index (χ1v) is 7.76. The summed E-state index contributed by atoms with van der Waals surface area (Å²) in [6.45, 7) is 4.07. The van der Waals surface area contributed by atoms with Crippen LogP contribution in [-0.4, -0.2) is 11.0 Å². The summed E-state index contributed by atoms with van der Waals surface area (Å²) in [6.07, 6.45) is 1.39. The maximum absolute atomic E-state index is 12.4. The van der Waals surface area contributed by atoms with E-state index in [2.05, 4.69) is 4.98 Å². The molecule has 3 aromatic rings. The summed E-state index contributed by atoms with van der Waals surface area (Å²) in [6, 6.07) is 19.1. The molecule has 0 fully saturated rings. The summed E-state index contributed by atoms with van der Waals surface area (Å²) >= 11 is 0. The minimum absolute atomic E-state index is 0.126. The third kappa shape index (κ3) is 3.24. The van der Waals surface area contributed by atoms with Gasteiger partial charge in [-0.2, -0.15) is 0 Å². The second-order valence-corrected chi connectivity index (χ2v) is 5.85. The Morgan fingerprint density at radius 2 is 1.65 bits per heavy atom. The molecule has 3 nitrogen and oxygen atoms in total. The van der Waals surface area contributed by atoms with Gasteiger partial charge in [-0.15, -0.1) is 0 Å². The Labute approximate surface area is 135 Å². The number of pyridine rings is 1. The number of ether oxygens (including phenoxy) is 1. The van der Waals surface area contributed by atoms with E-state index in [1.807, 2.05) is 62.4 Å². The number of aromatic nitrogens is 1. The first kappa shape index (κ1) is 15.2. The summed E-state index contributed by atoms with van der Waals surface area (Å²) < 4.78 is 5.79. The van der Waals surface area contributed by atoms with Crippen LogP contribution in [0.25, 0.3) is 10.8 Å². The van der Waals surface area contributed by atoms with Gasteiger partial charge in [-0.3, -0.25) is 4.98 Å². The van der Waals surface area contributed by atoms with Crippen LogP contribution < -0.4 is 0 Å². The first-order valence-electron chi connectivity index (χ1n) is 7.76. The molecule has 116 valence electrons. The highest BCUT2D eigenvalue weighted by molar-refractivity contribution is 5.90. The number of carbonyl (C=O) groups is 1. The fourth-order valence-corrected chi connectivity index (χ4v) is 2.63. The molecule has 3 heteroatoms. The van der Waals surface area contributed by atoms with Gasteiger partial charge in [0.25, 0.3) is 0 Å². The molecular weight excluding hydrogens is 286 g/mol. The normalized spacial score (nSPS) is 12.3. The van der Waals surface area contributed by atoms with Gasteiger partial charge in [-0.25, -0.2) is 4.79 Å². The lowest BCUT2D eigenvalue weighted by Crippen LogP contribution is -2.18. The standard InChI is InChI=1S/C20H19NO2/c1-14(2)19(23-20(22)16-9-4-3-5-10-16)18-17-11-7-6-8-15(17)12-13-21-18/h3-14,19H,1-2H3/t19-/m0/s1. The van der Waals surface area contributed by atoms with Crippen molar-refractivity contribution < 1.29 is 9.53 Å². The Balaban J connectivity index is 1.97. The average molecular weight is 305 g/mol. The summed E-state index contributed by atoms with van der Waals surface area (Å²) in [4.78, 5) is 16.9. The molecule has 0 aliphatic rings. The van der Waals surface area contributed by atoms with E-state index < -0.39 is 0 Å². The predicted octanol–water partition coefficient (Wildman–Crippen LogP) is 4.79. The van der Waals surface area contributed by atoms with Crippen LogP contribution in [0.2, 0.25) is 0 Å². The Hall–Kier alpha value is -2.68. The summed E-state index contributed by atoms with van der Waals surface area (Å²) in [5.41, 5.74) is 1.36. The molecule has 0 bridgehead atoms. The maximum atomic E-state index is 12.4. The van der Waals surface area contributed by atoms with Gasteiger partial charge in [0.05, 0.1) is 11.3 Å². The van der Waals surface area contributed by atoms with Gasteiger partial charge in [0.2, 0.25) is 0 Å². The van der Waals surface area contributed by atoms with Crippen LogP contribution in [-0.2, 0) is 4.74 Å². The summed E-state index contributed by atoms with van der Waals surface area (Å²) in [5, 5.41) is 2.12. The summed E-state index contributed by atoms with van der Waals surface area (Å²) in [7, 11) is 0. The number of hydrogen-bond acceptors (Lipinski definition) is 3. The number of fused-ring (bicyclic) bond motifs is 1. The second-order valence-electron chi connectivity index (χ2n) is 5.85. The van der Waals surface area contributed by atoms with Crippen molar-refractivity contribution in [2.24, 2.45) is 5.92 Å². The minimum Gasteiger partial charge on any atom is -0.452 e. The quantitative estimate of drug-likeness (QED) is 0.651. The van der Waals surface area contributed by atoms with Crippen LogP contribution in [0.3, 0.4) is 0 Å². The van der Waals surface area contributed by atoms with Crippen molar-refractivity contribution in [3.8, 4) is 0 Å². The Bertz CT molecular complexity index is 807. The van der Waals surface area contributed by atoms with E-state index in [4.69, 9.17) is 4.74 Å². The van der Waals surface area contributed by atoms with Crippen LogP contribution in [0.5, 0.6) is 0 Å². The molecule has 0 saturated heterocycles. The van der Waals surface area contributed by atoms with Crippen molar-refractivity contribution in [2.75, 3.05) is 0 Å². The highest BCUT2D eigenvalue weighted by atomic mass is 16.5. The van der Waals surface area contributed by atoms with Crippen molar-refractivity contribution in [3.05, 3.63) is 78.1 Å².